The predicted octanol–water partition coefficient (Wildman–Crippen LogP) is 12.8. The van der Waals surface area contributed by atoms with Crippen molar-refractivity contribution in [2.24, 2.45) is 0 Å². The van der Waals surface area contributed by atoms with Gasteiger partial charge in [0.25, 0.3) is 0 Å². The molecule has 0 fully saturated rings. The number of esters is 1. The lowest BCUT2D eigenvalue weighted by Gasteiger charge is -2.24. The number of aliphatic hydroxyl groups excluding tert-OH is 2. The van der Waals surface area contributed by atoms with E-state index in [1.165, 1.54) is 64.2 Å². The monoisotopic (exact) mass is 766 g/mol. The van der Waals surface area contributed by atoms with Gasteiger partial charge in [0, 0.05) is 6.42 Å². The summed E-state index contributed by atoms with van der Waals surface area (Å²) >= 11 is 0. The number of hydrogen-bond acceptors (Lipinski definition) is 5. The minimum absolute atomic E-state index is 0.0306. The fraction of sp³-hybridized carbons (Fsp3) is 0.673. The topological polar surface area (TPSA) is 95.9 Å². The average molecular weight is 766 g/mol. The molecule has 0 bridgehead atoms. The minimum atomic E-state index is -0.807. The molecule has 0 aliphatic heterocycles. The molecule has 6 heteroatoms. The van der Waals surface area contributed by atoms with Crippen molar-refractivity contribution in [1.29, 1.82) is 0 Å². The first-order valence-electron chi connectivity index (χ1n) is 22.4. The zero-order valence-corrected chi connectivity index (χ0v) is 35.5. The van der Waals surface area contributed by atoms with Crippen LogP contribution in [-0.2, 0) is 14.3 Å². The maximum absolute atomic E-state index is 13.1. The first-order chi connectivity index (χ1) is 27.0. The van der Waals surface area contributed by atoms with Crippen LogP contribution in [0.4, 0.5) is 0 Å². The molecule has 0 saturated carbocycles. The summed E-state index contributed by atoms with van der Waals surface area (Å²) < 4.78 is 5.85. The number of hydrogen-bond donors (Lipinski definition) is 3. The highest BCUT2D eigenvalue weighted by Crippen LogP contribution is 2.16. The molecule has 0 aromatic heterocycles. The van der Waals surface area contributed by atoms with Crippen LogP contribution in [0.2, 0.25) is 0 Å². The molecule has 0 aliphatic carbocycles. The van der Waals surface area contributed by atoms with Crippen LogP contribution in [0.1, 0.15) is 188 Å². The summed E-state index contributed by atoms with van der Waals surface area (Å²) in [5.74, 6) is -0.593. The van der Waals surface area contributed by atoms with Crippen molar-refractivity contribution in [1.82, 2.24) is 5.32 Å². The van der Waals surface area contributed by atoms with Gasteiger partial charge in [-0.2, -0.15) is 0 Å². The number of allylic oxidation sites excluding steroid dienone is 14. The molecule has 0 heterocycles. The number of carbonyl (C=O) groups excluding carboxylic acids is 2. The van der Waals surface area contributed by atoms with E-state index in [0.717, 1.165) is 70.6 Å². The summed E-state index contributed by atoms with van der Waals surface area (Å²) in [6, 6.07) is -0.725. The minimum Gasteiger partial charge on any atom is -0.462 e. The van der Waals surface area contributed by atoms with Crippen LogP contribution in [-0.4, -0.2) is 46.9 Å². The molecule has 0 spiro atoms. The standard InChI is InChI=1S/C49H83NO5/c1-4-7-10-13-16-19-22-24-26-28-31-34-37-40-45(55-49(54)42-39-36-33-30-27-25-23-20-17-14-11-8-5-2)43-48(53)50-46(44-51)47(52)41-38-35-32-29-21-18-15-12-9-6-3/h8,11,14,16-17,19-20,22-25,27,30,33,45-47,51-52H,4-7,9-10,12-13,15,18,21,26,28-29,31-32,34-44H2,1-3H3,(H,50,53)/b11-8+,17-14+,19-16+,23-20-,24-22+,27-25-,33-30+. The summed E-state index contributed by atoms with van der Waals surface area (Å²) in [4.78, 5) is 25.9. The Morgan fingerprint density at radius 1 is 0.545 bits per heavy atom. The van der Waals surface area contributed by atoms with E-state index in [2.05, 4.69) is 56.5 Å². The van der Waals surface area contributed by atoms with Crippen LogP contribution in [0.3, 0.4) is 0 Å². The first kappa shape index (κ1) is 52.0. The van der Waals surface area contributed by atoms with E-state index in [0.29, 0.717) is 25.7 Å². The van der Waals surface area contributed by atoms with Gasteiger partial charge < -0.3 is 20.3 Å². The molecule has 0 radical (unpaired) electrons. The SMILES string of the molecule is CC/C=C/C=C/C=C\C=C/C=C/CCCC(=O)OC(CCCCCC/C=C/C=C/CCCCC)CC(=O)NC(CO)C(O)CCCCCCCCCCCC. The van der Waals surface area contributed by atoms with Crippen molar-refractivity contribution in [3.05, 3.63) is 85.1 Å². The number of ether oxygens (including phenoxy) is 1. The molecule has 6 nitrogen and oxygen atoms in total. The number of rotatable bonds is 38. The smallest absolute Gasteiger partial charge is 0.306 e. The first-order valence-corrected chi connectivity index (χ1v) is 22.4. The van der Waals surface area contributed by atoms with Gasteiger partial charge in [-0.3, -0.25) is 9.59 Å². The third-order valence-electron chi connectivity index (χ3n) is 9.61. The Hall–Kier alpha value is -2.96. The highest BCUT2D eigenvalue weighted by atomic mass is 16.5. The van der Waals surface area contributed by atoms with E-state index in [1.54, 1.807) is 0 Å². The van der Waals surface area contributed by atoms with Gasteiger partial charge in [0.1, 0.15) is 6.10 Å². The van der Waals surface area contributed by atoms with E-state index >= 15 is 0 Å². The van der Waals surface area contributed by atoms with Crippen molar-refractivity contribution in [3.63, 3.8) is 0 Å². The van der Waals surface area contributed by atoms with Crippen LogP contribution in [0.5, 0.6) is 0 Å². The van der Waals surface area contributed by atoms with Crippen molar-refractivity contribution in [3.8, 4) is 0 Å². The average Bonchev–Trinajstić information content (AvgIpc) is 3.18. The zero-order chi connectivity index (χ0) is 40.3. The van der Waals surface area contributed by atoms with Gasteiger partial charge in [-0.25, -0.2) is 0 Å². The van der Waals surface area contributed by atoms with Crippen LogP contribution in [0, 0.1) is 0 Å². The molecule has 0 aliphatic rings. The van der Waals surface area contributed by atoms with Gasteiger partial charge in [-0.05, 0) is 64.2 Å². The van der Waals surface area contributed by atoms with Crippen molar-refractivity contribution in [2.45, 2.75) is 206 Å². The summed E-state index contributed by atoms with van der Waals surface area (Å²) in [6.45, 7) is 6.24. The van der Waals surface area contributed by atoms with Crippen LogP contribution in [0.15, 0.2) is 85.1 Å². The van der Waals surface area contributed by atoms with Gasteiger partial charge in [-0.15, -0.1) is 0 Å². The third-order valence-corrected chi connectivity index (χ3v) is 9.61. The summed E-state index contributed by atoms with van der Waals surface area (Å²) in [5, 5.41) is 23.6. The molecule has 1 amide bonds. The lowest BCUT2D eigenvalue weighted by atomic mass is 10.0. The molecule has 0 aromatic carbocycles. The highest BCUT2D eigenvalue weighted by Gasteiger charge is 2.24. The normalized spacial score (nSPS) is 14.2. The molecule has 3 atom stereocenters. The van der Waals surface area contributed by atoms with Crippen LogP contribution in [0.25, 0.3) is 0 Å². The predicted molar refractivity (Wildman–Crippen MR) is 236 cm³/mol. The Kier molecular flexibility index (Phi) is 39.9. The van der Waals surface area contributed by atoms with Gasteiger partial charge >= 0.3 is 5.97 Å². The molecular weight excluding hydrogens is 683 g/mol. The lowest BCUT2D eigenvalue weighted by Crippen LogP contribution is -2.46. The largest absolute Gasteiger partial charge is 0.462 e. The Labute approximate surface area is 338 Å². The van der Waals surface area contributed by atoms with Crippen LogP contribution >= 0.6 is 0 Å². The number of carbonyl (C=O) groups is 2. The van der Waals surface area contributed by atoms with E-state index in [-0.39, 0.29) is 24.9 Å². The molecule has 0 rings (SSSR count). The van der Waals surface area contributed by atoms with Gasteiger partial charge in [0.15, 0.2) is 0 Å². The second kappa shape index (κ2) is 42.2. The Morgan fingerprint density at radius 2 is 0.982 bits per heavy atom. The maximum atomic E-state index is 13.1. The number of amides is 1. The van der Waals surface area contributed by atoms with Gasteiger partial charge in [0.05, 0.1) is 25.2 Å². The second-order valence-electron chi connectivity index (χ2n) is 14.9. The number of unbranched alkanes of at least 4 members (excludes halogenated alkanes) is 17. The molecule has 3 unspecified atom stereocenters. The molecule has 55 heavy (non-hydrogen) atoms. The molecule has 0 saturated heterocycles. The fourth-order valence-electron chi connectivity index (χ4n) is 6.21. The van der Waals surface area contributed by atoms with E-state index in [4.69, 9.17) is 4.74 Å². The third kappa shape index (κ3) is 37.7. The van der Waals surface area contributed by atoms with E-state index < -0.39 is 18.2 Å². The Bertz CT molecular complexity index is 1080. The molecule has 3 N–H and O–H groups in total. The van der Waals surface area contributed by atoms with Crippen molar-refractivity contribution >= 4 is 11.9 Å². The zero-order valence-electron chi connectivity index (χ0n) is 35.5. The quantitative estimate of drug-likeness (QED) is 0.0330. The van der Waals surface area contributed by atoms with Gasteiger partial charge in [-0.1, -0.05) is 196 Å². The summed E-state index contributed by atoms with van der Waals surface area (Å²) in [5.41, 5.74) is 0. The van der Waals surface area contributed by atoms with Crippen molar-refractivity contribution < 1.29 is 24.5 Å². The number of aliphatic hydroxyl groups is 2. The summed E-state index contributed by atoms with van der Waals surface area (Å²) in [7, 11) is 0. The Balaban J connectivity index is 4.80. The van der Waals surface area contributed by atoms with Crippen molar-refractivity contribution in [2.75, 3.05) is 6.61 Å². The van der Waals surface area contributed by atoms with E-state index in [9.17, 15) is 19.8 Å². The molecular formula is C49H83NO5. The lowest BCUT2D eigenvalue weighted by molar-refractivity contribution is -0.151. The molecule has 314 valence electrons. The highest BCUT2D eigenvalue weighted by molar-refractivity contribution is 5.77. The Morgan fingerprint density at radius 3 is 1.55 bits per heavy atom. The molecule has 0 aromatic rings. The van der Waals surface area contributed by atoms with Gasteiger partial charge in [0.2, 0.25) is 5.91 Å². The maximum Gasteiger partial charge on any atom is 0.306 e. The fourth-order valence-corrected chi connectivity index (χ4v) is 6.21. The second-order valence-corrected chi connectivity index (χ2v) is 14.9. The summed E-state index contributed by atoms with van der Waals surface area (Å²) in [6.07, 6.45) is 53.6. The number of nitrogens with one attached hydrogen (secondary N) is 1. The van der Waals surface area contributed by atoms with Crippen LogP contribution < -0.4 is 5.32 Å². The van der Waals surface area contributed by atoms with E-state index in [1.807, 2.05) is 54.7 Å².